The molecule has 140 valence electrons. The molecule has 0 bridgehead atoms. The van der Waals surface area contributed by atoms with E-state index < -0.39 is 23.3 Å². The van der Waals surface area contributed by atoms with Crippen molar-refractivity contribution in [1.29, 1.82) is 0 Å². The first-order valence-corrected chi connectivity index (χ1v) is 9.35. The summed E-state index contributed by atoms with van der Waals surface area (Å²) in [4.78, 5) is 43.5. The fraction of sp³-hybridized carbons (Fsp3) is 0.158. The van der Waals surface area contributed by atoms with Crippen LogP contribution in [0, 0.1) is 5.82 Å². The van der Waals surface area contributed by atoms with E-state index in [1.165, 1.54) is 28.4 Å². The number of carbonyl (C=O) groups excluding carboxylic acids is 3. The summed E-state index contributed by atoms with van der Waals surface area (Å²) in [6, 6.07) is 10.8. The van der Waals surface area contributed by atoms with Crippen LogP contribution in [-0.2, 0) is 16.9 Å². The van der Waals surface area contributed by atoms with Crippen molar-refractivity contribution < 1.29 is 18.8 Å². The number of amides is 4. The first kappa shape index (κ1) is 16.8. The van der Waals surface area contributed by atoms with E-state index in [9.17, 15) is 18.8 Å². The van der Waals surface area contributed by atoms with E-state index in [2.05, 4.69) is 15.6 Å². The summed E-state index contributed by atoms with van der Waals surface area (Å²) < 4.78 is 14.4. The Morgan fingerprint density at radius 2 is 2.00 bits per heavy atom. The molecule has 2 aliphatic heterocycles. The van der Waals surface area contributed by atoms with Gasteiger partial charge >= 0.3 is 6.03 Å². The quantitative estimate of drug-likeness (QED) is 0.664. The van der Waals surface area contributed by atoms with Crippen molar-refractivity contribution in [2.45, 2.75) is 12.1 Å². The van der Waals surface area contributed by atoms with E-state index in [1.54, 1.807) is 6.07 Å². The average Bonchev–Trinajstić information content (AvgIpc) is 3.31. The Labute approximate surface area is 162 Å². The number of aromatic nitrogens is 1. The van der Waals surface area contributed by atoms with Gasteiger partial charge in [0, 0.05) is 12.1 Å². The first-order valence-electron chi connectivity index (χ1n) is 8.54. The number of fused-ring (bicyclic) bond motifs is 2. The van der Waals surface area contributed by atoms with Crippen LogP contribution in [0.15, 0.2) is 42.5 Å². The normalized spacial score (nSPS) is 21.2. The molecule has 5 rings (SSSR count). The number of carbonyl (C=O) groups is 3. The van der Waals surface area contributed by atoms with Gasteiger partial charge in [0.2, 0.25) is 0 Å². The molecule has 2 N–H and O–H groups in total. The Bertz CT molecular complexity index is 1140. The molecule has 28 heavy (non-hydrogen) atoms. The van der Waals surface area contributed by atoms with E-state index in [0.29, 0.717) is 16.1 Å². The van der Waals surface area contributed by atoms with Crippen LogP contribution < -0.4 is 10.6 Å². The van der Waals surface area contributed by atoms with E-state index in [-0.39, 0.29) is 24.6 Å². The third-order valence-electron chi connectivity index (χ3n) is 4.98. The maximum atomic E-state index is 13.5. The minimum absolute atomic E-state index is 0.0977. The third-order valence-corrected chi connectivity index (χ3v) is 6.18. The van der Waals surface area contributed by atoms with Gasteiger partial charge in [0.05, 0.1) is 16.8 Å². The minimum Gasteiger partial charge on any atom is -0.331 e. The number of nitrogens with zero attached hydrogens (tertiary/aromatic N) is 2. The summed E-state index contributed by atoms with van der Waals surface area (Å²) in [5, 5.41) is 5.31. The Hall–Kier alpha value is -3.33. The van der Waals surface area contributed by atoms with Gasteiger partial charge in [-0.15, -0.1) is 11.3 Å². The number of rotatable bonds is 3. The highest BCUT2D eigenvalue weighted by Crippen LogP contribution is 2.35. The molecule has 0 radical (unpaired) electrons. The molecule has 3 aromatic rings. The highest BCUT2D eigenvalue weighted by Gasteiger charge is 2.52. The van der Waals surface area contributed by atoms with E-state index in [0.717, 1.165) is 4.70 Å². The second-order valence-electron chi connectivity index (χ2n) is 6.76. The monoisotopic (exact) mass is 396 g/mol. The Morgan fingerprint density at radius 1 is 1.18 bits per heavy atom. The molecular weight excluding hydrogens is 383 g/mol. The van der Waals surface area contributed by atoms with Gasteiger partial charge in [0.15, 0.2) is 5.54 Å². The lowest BCUT2D eigenvalue weighted by Gasteiger charge is -2.29. The molecule has 0 spiro atoms. The van der Waals surface area contributed by atoms with Crippen LogP contribution in [-0.4, -0.2) is 34.3 Å². The Morgan fingerprint density at radius 3 is 2.75 bits per heavy atom. The van der Waals surface area contributed by atoms with Crippen LogP contribution in [0.1, 0.15) is 20.9 Å². The van der Waals surface area contributed by atoms with Crippen molar-refractivity contribution in [3.05, 3.63) is 64.4 Å². The molecule has 9 heteroatoms. The molecule has 7 nitrogen and oxygen atoms in total. The zero-order chi connectivity index (χ0) is 19.5. The first-order chi connectivity index (χ1) is 13.5. The van der Waals surface area contributed by atoms with E-state index in [1.807, 2.05) is 24.3 Å². The van der Waals surface area contributed by atoms with Gasteiger partial charge in [-0.1, -0.05) is 18.2 Å². The molecule has 1 atom stereocenters. The number of nitrogens with one attached hydrogen (secondary N) is 2. The Kier molecular flexibility index (Phi) is 3.50. The molecule has 2 aliphatic rings. The number of imide groups is 1. The largest absolute Gasteiger partial charge is 0.331 e. The van der Waals surface area contributed by atoms with Crippen LogP contribution in [0.5, 0.6) is 0 Å². The highest BCUT2D eigenvalue weighted by atomic mass is 32.1. The number of hydrogen-bond donors (Lipinski definition) is 2. The standard InChI is InChI=1S/C19H13FN4O3S/c20-11-6-5-10-8-24(15(25)12(10)7-11)9-19(16(26)22-18(27)23-19)17-21-13-3-1-2-4-14(13)28-17/h1-7H,8-9H2,(H2,22,23,26,27). The fourth-order valence-corrected chi connectivity index (χ4v) is 4.72. The average molecular weight is 396 g/mol. The lowest BCUT2D eigenvalue weighted by atomic mass is 10.00. The van der Waals surface area contributed by atoms with Crippen molar-refractivity contribution >= 4 is 39.4 Å². The number of para-hydroxylation sites is 1. The van der Waals surface area contributed by atoms with E-state index in [4.69, 9.17) is 0 Å². The van der Waals surface area contributed by atoms with Crippen LogP contribution in [0.3, 0.4) is 0 Å². The molecule has 1 unspecified atom stereocenters. The molecule has 1 fully saturated rings. The smallest absolute Gasteiger partial charge is 0.322 e. The predicted octanol–water partition coefficient (Wildman–Crippen LogP) is 2.13. The summed E-state index contributed by atoms with van der Waals surface area (Å²) in [6.07, 6.45) is 0. The number of urea groups is 1. The maximum Gasteiger partial charge on any atom is 0.322 e. The van der Waals surface area contributed by atoms with E-state index >= 15 is 0 Å². The number of thiazole rings is 1. The second-order valence-corrected chi connectivity index (χ2v) is 7.79. The Balaban J connectivity index is 1.56. The molecular formula is C19H13FN4O3S. The molecule has 2 aromatic carbocycles. The van der Waals surface area contributed by atoms with Gasteiger partial charge in [0.25, 0.3) is 11.8 Å². The summed E-state index contributed by atoms with van der Waals surface area (Å²) in [5.74, 6) is -1.45. The van der Waals surface area contributed by atoms with Gasteiger partial charge < -0.3 is 10.2 Å². The van der Waals surface area contributed by atoms with Gasteiger partial charge in [-0.25, -0.2) is 14.2 Å². The summed E-state index contributed by atoms with van der Waals surface area (Å²) in [6.45, 7) is 0.129. The van der Waals surface area contributed by atoms with Crippen molar-refractivity contribution in [1.82, 2.24) is 20.5 Å². The molecule has 1 saturated heterocycles. The number of halogens is 1. The predicted molar refractivity (Wildman–Crippen MR) is 99.1 cm³/mol. The molecule has 0 aliphatic carbocycles. The third kappa shape index (κ3) is 2.40. The minimum atomic E-state index is -1.49. The lowest BCUT2D eigenvalue weighted by Crippen LogP contribution is -2.52. The SMILES string of the molecule is O=C1NC(=O)C(CN2Cc3ccc(F)cc3C2=O)(c2nc3ccccc3s2)N1. The van der Waals surface area contributed by atoms with Crippen LogP contribution >= 0.6 is 11.3 Å². The second kappa shape index (κ2) is 5.83. The number of hydrogen-bond acceptors (Lipinski definition) is 5. The van der Waals surface area contributed by atoms with Gasteiger partial charge in [-0.2, -0.15) is 0 Å². The highest BCUT2D eigenvalue weighted by molar-refractivity contribution is 7.18. The number of benzene rings is 2. The lowest BCUT2D eigenvalue weighted by molar-refractivity contribution is -0.124. The van der Waals surface area contributed by atoms with Gasteiger partial charge in [0.1, 0.15) is 10.8 Å². The van der Waals surface area contributed by atoms with Crippen LogP contribution in [0.2, 0.25) is 0 Å². The van der Waals surface area contributed by atoms with Crippen LogP contribution in [0.25, 0.3) is 10.2 Å². The van der Waals surface area contributed by atoms with Crippen molar-refractivity contribution in [2.24, 2.45) is 0 Å². The topological polar surface area (TPSA) is 91.4 Å². The molecule has 4 amide bonds. The van der Waals surface area contributed by atoms with Crippen LogP contribution in [0.4, 0.5) is 9.18 Å². The molecule has 1 aromatic heterocycles. The van der Waals surface area contributed by atoms with Crippen molar-refractivity contribution in [3.63, 3.8) is 0 Å². The maximum absolute atomic E-state index is 13.5. The van der Waals surface area contributed by atoms with Gasteiger partial charge in [-0.05, 0) is 29.8 Å². The fourth-order valence-electron chi connectivity index (χ4n) is 3.62. The zero-order valence-corrected chi connectivity index (χ0v) is 15.2. The van der Waals surface area contributed by atoms with Crippen molar-refractivity contribution in [2.75, 3.05) is 6.54 Å². The van der Waals surface area contributed by atoms with Gasteiger partial charge in [-0.3, -0.25) is 14.9 Å². The van der Waals surface area contributed by atoms with Crippen molar-refractivity contribution in [3.8, 4) is 0 Å². The molecule has 0 saturated carbocycles. The zero-order valence-electron chi connectivity index (χ0n) is 14.4. The summed E-state index contributed by atoms with van der Waals surface area (Å²) in [5.41, 5.74) is 0.158. The summed E-state index contributed by atoms with van der Waals surface area (Å²) in [7, 11) is 0. The summed E-state index contributed by atoms with van der Waals surface area (Å²) >= 11 is 1.29. The molecule has 3 heterocycles.